The molecule has 2 heterocycles. The molecule has 1 N–H and O–H groups in total. The predicted octanol–water partition coefficient (Wildman–Crippen LogP) is 1.33. The first kappa shape index (κ1) is 14.0. The van der Waals surface area contributed by atoms with Crippen molar-refractivity contribution in [3.05, 3.63) is 35.3 Å². The van der Waals surface area contributed by atoms with Gasteiger partial charge in [-0.25, -0.2) is 8.42 Å². The first-order chi connectivity index (χ1) is 10.1. The molecule has 1 fully saturated rings. The first-order valence-corrected chi connectivity index (χ1v) is 8.73. The summed E-state index contributed by atoms with van der Waals surface area (Å²) in [7, 11) is -3.20. The minimum Gasteiger partial charge on any atom is -0.296 e. The van der Waals surface area contributed by atoms with E-state index in [9.17, 15) is 13.2 Å². The molecule has 1 aliphatic heterocycles. The van der Waals surface area contributed by atoms with Crippen LogP contribution in [0, 0.1) is 0 Å². The van der Waals surface area contributed by atoms with E-state index in [0.717, 1.165) is 0 Å². The van der Waals surface area contributed by atoms with E-state index in [0.29, 0.717) is 29.3 Å². The highest BCUT2D eigenvalue weighted by atomic mass is 32.2. The minimum atomic E-state index is -3.20. The molecule has 1 amide bonds. The summed E-state index contributed by atoms with van der Waals surface area (Å²) in [5.74, 6) is -0.130. The molecule has 0 radical (unpaired) electrons. The maximum absolute atomic E-state index is 12.0. The second-order valence-corrected chi connectivity index (χ2v) is 7.33. The van der Waals surface area contributed by atoms with Crippen molar-refractivity contribution in [3.63, 3.8) is 0 Å². The Bertz CT molecular complexity index is 741. The summed E-state index contributed by atoms with van der Waals surface area (Å²) in [5.41, 5.74) is 2.54. The lowest BCUT2D eigenvalue weighted by Gasteiger charge is -2.16. The van der Waals surface area contributed by atoms with Crippen LogP contribution in [-0.2, 0) is 10.0 Å². The molecule has 0 atom stereocenters. The molecule has 1 aromatic heterocycles. The molecule has 0 unspecified atom stereocenters. The van der Waals surface area contributed by atoms with E-state index >= 15 is 0 Å². The fourth-order valence-corrected chi connectivity index (χ4v) is 4.11. The summed E-state index contributed by atoms with van der Waals surface area (Å²) in [6, 6.07) is 6.47. The van der Waals surface area contributed by atoms with Gasteiger partial charge in [-0.05, 0) is 30.7 Å². The maximum Gasteiger partial charge on any atom is 0.257 e. The lowest BCUT2D eigenvalue weighted by molar-refractivity contribution is 0.102. The number of nitrogens with one attached hydrogen (secondary N) is 1. The van der Waals surface area contributed by atoms with Gasteiger partial charge < -0.3 is 0 Å². The number of benzene rings is 1. The Labute approximate surface area is 125 Å². The molecule has 1 aliphatic rings. The minimum absolute atomic E-state index is 0.173. The average Bonchev–Trinajstić information content (AvgIpc) is 3.08. The van der Waals surface area contributed by atoms with Gasteiger partial charge >= 0.3 is 0 Å². The lowest BCUT2D eigenvalue weighted by Crippen LogP contribution is -2.25. The molecule has 21 heavy (non-hydrogen) atoms. The smallest absolute Gasteiger partial charge is 0.257 e. The zero-order valence-electron chi connectivity index (χ0n) is 10.9. The van der Waals surface area contributed by atoms with Crippen molar-refractivity contribution in [3.8, 4) is 0 Å². The standard InChI is InChI=1S/C12H12N4O3S2/c17-11(14-12-15-13-8-20-12)9-2-4-10(5-3-9)16-6-1-7-21(16,18)19/h2-5,8H,1,6-7H2,(H,14,15,17). The molecule has 0 bridgehead atoms. The summed E-state index contributed by atoms with van der Waals surface area (Å²) in [6.07, 6.45) is 0.627. The van der Waals surface area contributed by atoms with E-state index in [1.54, 1.807) is 24.3 Å². The summed E-state index contributed by atoms with van der Waals surface area (Å²) < 4.78 is 25.0. The molecule has 1 saturated heterocycles. The number of rotatable bonds is 3. The third-order valence-corrected chi connectivity index (χ3v) is 5.57. The van der Waals surface area contributed by atoms with Gasteiger partial charge in [-0.1, -0.05) is 11.3 Å². The summed E-state index contributed by atoms with van der Waals surface area (Å²) >= 11 is 1.23. The molecule has 0 aliphatic carbocycles. The Morgan fingerprint density at radius 2 is 2.05 bits per heavy atom. The predicted molar refractivity (Wildman–Crippen MR) is 80.1 cm³/mol. The summed E-state index contributed by atoms with van der Waals surface area (Å²) in [4.78, 5) is 12.0. The van der Waals surface area contributed by atoms with Crippen molar-refractivity contribution in [2.45, 2.75) is 6.42 Å². The Hall–Kier alpha value is -2.00. The molecular weight excluding hydrogens is 312 g/mol. The maximum atomic E-state index is 12.0. The van der Waals surface area contributed by atoms with Gasteiger partial charge in [0.05, 0.1) is 11.4 Å². The fourth-order valence-electron chi connectivity index (χ4n) is 2.11. The zero-order valence-corrected chi connectivity index (χ0v) is 12.5. The van der Waals surface area contributed by atoms with Crippen LogP contribution in [0.3, 0.4) is 0 Å². The molecule has 0 saturated carbocycles. The number of sulfonamides is 1. The van der Waals surface area contributed by atoms with Crippen LogP contribution in [-0.4, -0.2) is 36.8 Å². The SMILES string of the molecule is O=C(Nc1nncs1)c1ccc(N2CCCS2(=O)=O)cc1. The van der Waals surface area contributed by atoms with E-state index in [2.05, 4.69) is 15.5 Å². The third kappa shape index (κ3) is 2.88. The molecule has 2 aromatic rings. The van der Waals surface area contributed by atoms with Gasteiger partial charge in [-0.15, -0.1) is 10.2 Å². The van der Waals surface area contributed by atoms with Gasteiger partial charge in [0, 0.05) is 12.1 Å². The van der Waals surface area contributed by atoms with Gasteiger partial charge in [0.2, 0.25) is 15.2 Å². The average molecular weight is 324 g/mol. The summed E-state index contributed by atoms with van der Waals surface area (Å²) in [6.45, 7) is 0.485. The zero-order chi connectivity index (χ0) is 14.9. The Balaban J connectivity index is 1.76. The Kier molecular flexibility index (Phi) is 3.60. The number of carbonyl (C=O) groups excluding carboxylic acids is 1. The van der Waals surface area contributed by atoms with Crippen LogP contribution in [0.4, 0.5) is 10.8 Å². The van der Waals surface area contributed by atoms with E-state index in [1.807, 2.05) is 0 Å². The number of nitrogens with zero attached hydrogens (tertiary/aromatic N) is 3. The van der Waals surface area contributed by atoms with Crippen molar-refractivity contribution < 1.29 is 13.2 Å². The van der Waals surface area contributed by atoms with Crippen LogP contribution in [0.25, 0.3) is 0 Å². The van der Waals surface area contributed by atoms with E-state index in [-0.39, 0.29) is 11.7 Å². The van der Waals surface area contributed by atoms with Crippen LogP contribution < -0.4 is 9.62 Å². The Morgan fingerprint density at radius 1 is 1.29 bits per heavy atom. The molecule has 0 spiro atoms. The monoisotopic (exact) mass is 324 g/mol. The van der Waals surface area contributed by atoms with Crippen LogP contribution >= 0.6 is 11.3 Å². The number of hydrogen-bond donors (Lipinski definition) is 1. The largest absolute Gasteiger partial charge is 0.296 e. The molecule has 7 nitrogen and oxygen atoms in total. The molecule has 110 valence electrons. The van der Waals surface area contributed by atoms with E-state index in [4.69, 9.17) is 0 Å². The second kappa shape index (κ2) is 5.41. The third-order valence-electron chi connectivity index (χ3n) is 3.10. The fraction of sp³-hybridized carbons (Fsp3) is 0.250. The van der Waals surface area contributed by atoms with Crippen molar-refractivity contribution in [2.24, 2.45) is 0 Å². The van der Waals surface area contributed by atoms with Crippen LogP contribution in [0.15, 0.2) is 29.8 Å². The second-order valence-electron chi connectivity index (χ2n) is 4.49. The van der Waals surface area contributed by atoms with E-state index < -0.39 is 10.0 Å². The van der Waals surface area contributed by atoms with Gasteiger partial charge in [-0.3, -0.25) is 14.4 Å². The molecule has 9 heteroatoms. The van der Waals surface area contributed by atoms with Crippen molar-refractivity contribution in [2.75, 3.05) is 21.9 Å². The van der Waals surface area contributed by atoms with Crippen molar-refractivity contribution >= 4 is 38.1 Å². The quantitative estimate of drug-likeness (QED) is 0.919. The molecular formula is C12H12N4O3S2. The van der Waals surface area contributed by atoms with Crippen LogP contribution in [0.2, 0.25) is 0 Å². The van der Waals surface area contributed by atoms with Gasteiger partial charge in [0.25, 0.3) is 5.91 Å². The highest BCUT2D eigenvalue weighted by molar-refractivity contribution is 7.93. The summed E-state index contributed by atoms with van der Waals surface area (Å²) in [5, 5.41) is 10.4. The highest BCUT2D eigenvalue weighted by Crippen LogP contribution is 2.24. The van der Waals surface area contributed by atoms with Gasteiger partial charge in [0.15, 0.2) is 0 Å². The van der Waals surface area contributed by atoms with Gasteiger partial charge in [-0.2, -0.15) is 0 Å². The number of amides is 1. The van der Waals surface area contributed by atoms with Crippen LogP contribution in [0.5, 0.6) is 0 Å². The number of hydrogen-bond acceptors (Lipinski definition) is 6. The number of aromatic nitrogens is 2. The number of carbonyl (C=O) groups is 1. The first-order valence-electron chi connectivity index (χ1n) is 6.24. The molecule has 3 rings (SSSR count). The molecule has 1 aromatic carbocycles. The normalized spacial score (nSPS) is 16.9. The van der Waals surface area contributed by atoms with Crippen LogP contribution in [0.1, 0.15) is 16.8 Å². The van der Waals surface area contributed by atoms with Gasteiger partial charge in [0.1, 0.15) is 5.51 Å². The number of anilines is 2. The van der Waals surface area contributed by atoms with Crippen molar-refractivity contribution in [1.29, 1.82) is 0 Å². The highest BCUT2D eigenvalue weighted by Gasteiger charge is 2.28. The van der Waals surface area contributed by atoms with Crippen molar-refractivity contribution in [1.82, 2.24) is 10.2 Å². The lowest BCUT2D eigenvalue weighted by atomic mass is 10.2. The van der Waals surface area contributed by atoms with E-state index in [1.165, 1.54) is 21.2 Å². The Morgan fingerprint density at radius 3 is 2.62 bits per heavy atom. The topological polar surface area (TPSA) is 92.3 Å².